The minimum atomic E-state index is -0.213. The molecule has 2 heterocycles. The Labute approximate surface area is 163 Å². The van der Waals surface area contributed by atoms with Gasteiger partial charge in [-0.15, -0.1) is 0 Å². The molecule has 144 valence electrons. The van der Waals surface area contributed by atoms with Crippen molar-refractivity contribution in [3.8, 4) is 11.5 Å². The summed E-state index contributed by atoms with van der Waals surface area (Å²) in [6.45, 7) is 3.79. The number of para-hydroxylation sites is 2. The third-order valence-electron chi connectivity index (χ3n) is 4.42. The van der Waals surface area contributed by atoms with Crippen LogP contribution in [0.2, 0.25) is 0 Å². The number of nitrogens with zero attached hydrogens (tertiary/aromatic N) is 1. The van der Waals surface area contributed by atoms with Gasteiger partial charge in [-0.3, -0.25) is 9.59 Å². The van der Waals surface area contributed by atoms with Crippen LogP contribution in [0.25, 0.3) is 0 Å². The quantitative estimate of drug-likeness (QED) is 0.792. The van der Waals surface area contributed by atoms with E-state index in [0.29, 0.717) is 25.3 Å². The summed E-state index contributed by atoms with van der Waals surface area (Å²) in [4.78, 5) is 26.0. The van der Waals surface area contributed by atoms with E-state index in [4.69, 9.17) is 9.47 Å². The number of carbonyl (C=O) groups excluding carboxylic acids is 2. The lowest BCUT2D eigenvalue weighted by atomic mass is 10.1. The molecule has 3 rings (SSSR count). The zero-order valence-corrected chi connectivity index (χ0v) is 16.2. The predicted octanol–water partition coefficient (Wildman–Crippen LogP) is 2.95. The van der Waals surface area contributed by atoms with Crippen LogP contribution in [-0.2, 0) is 4.79 Å². The van der Waals surface area contributed by atoms with Gasteiger partial charge in [-0.2, -0.15) is 11.3 Å². The van der Waals surface area contributed by atoms with Crippen LogP contribution in [0.1, 0.15) is 30.1 Å². The maximum absolute atomic E-state index is 12.3. The van der Waals surface area contributed by atoms with E-state index in [0.717, 1.165) is 24.3 Å². The van der Waals surface area contributed by atoms with Gasteiger partial charge in [-0.1, -0.05) is 12.1 Å². The number of ether oxygens (including phenoxy) is 2. The van der Waals surface area contributed by atoms with Crippen molar-refractivity contribution in [3.63, 3.8) is 0 Å². The van der Waals surface area contributed by atoms with Gasteiger partial charge in [0.05, 0.1) is 13.2 Å². The van der Waals surface area contributed by atoms with Gasteiger partial charge >= 0.3 is 0 Å². The van der Waals surface area contributed by atoms with Gasteiger partial charge in [0.2, 0.25) is 5.91 Å². The Morgan fingerprint density at radius 2 is 1.93 bits per heavy atom. The molecule has 6 nitrogen and oxygen atoms in total. The van der Waals surface area contributed by atoms with Gasteiger partial charge in [-0.25, -0.2) is 0 Å². The second kappa shape index (κ2) is 9.41. The van der Waals surface area contributed by atoms with E-state index in [1.165, 1.54) is 11.3 Å². The fourth-order valence-corrected chi connectivity index (χ4v) is 3.62. The molecule has 0 atom stereocenters. The third-order valence-corrected chi connectivity index (χ3v) is 5.10. The molecule has 0 bridgehead atoms. The first-order valence-electron chi connectivity index (χ1n) is 9.14. The molecular weight excluding hydrogens is 364 g/mol. The van der Waals surface area contributed by atoms with Gasteiger partial charge in [-0.05, 0) is 30.5 Å². The Bertz CT molecular complexity index is 755. The Hall–Kier alpha value is -2.54. The largest absolute Gasteiger partial charge is 0.490 e. The SMILES string of the molecule is CCOc1ccccc1OC1CCN(C(=O)CNC(=O)c2ccsc2)CC1. The van der Waals surface area contributed by atoms with E-state index < -0.39 is 0 Å². The second-order valence-corrected chi connectivity index (χ2v) is 7.05. The molecule has 1 aliphatic rings. The lowest BCUT2D eigenvalue weighted by Crippen LogP contribution is -2.46. The third kappa shape index (κ3) is 5.23. The Balaban J connectivity index is 1.44. The molecule has 1 aromatic heterocycles. The first-order valence-corrected chi connectivity index (χ1v) is 10.1. The average Bonchev–Trinajstić information content (AvgIpc) is 3.23. The van der Waals surface area contributed by atoms with E-state index in [2.05, 4.69) is 5.32 Å². The van der Waals surface area contributed by atoms with Crippen LogP contribution in [0.3, 0.4) is 0 Å². The van der Waals surface area contributed by atoms with Crippen LogP contribution in [0.5, 0.6) is 11.5 Å². The van der Waals surface area contributed by atoms with Crippen molar-refractivity contribution >= 4 is 23.2 Å². The van der Waals surface area contributed by atoms with Crippen LogP contribution >= 0.6 is 11.3 Å². The van der Waals surface area contributed by atoms with Crippen LogP contribution in [0.15, 0.2) is 41.1 Å². The van der Waals surface area contributed by atoms with Crippen molar-refractivity contribution in [2.24, 2.45) is 0 Å². The van der Waals surface area contributed by atoms with Gasteiger partial charge in [0.25, 0.3) is 5.91 Å². The number of hydrogen-bond donors (Lipinski definition) is 1. The molecule has 0 aliphatic carbocycles. The number of benzene rings is 1. The maximum atomic E-state index is 12.3. The van der Waals surface area contributed by atoms with Gasteiger partial charge < -0.3 is 19.7 Å². The summed E-state index contributed by atoms with van der Waals surface area (Å²) in [5.74, 6) is 1.21. The zero-order valence-electron chi connectivity index (χ0n) is 15.3. The number of rotatable bonds is 7. The molecule has 1 N–H and O–H groups in total. The monoisotopic (exact) mass is 388 g/mol. The number of amides is 2. The summed E-state index contributed by atoms with van der Waals surface area (Å²) in [5, 5.41) is 6.29. The lowest BCUT2D eigenvalue weighted by Gasteiger charge is -2.32. The van der Waals surface area contributed by atoms with E-state index in [1.807, 2.05) is 36.6 Å². The van der Waals surface area contributed by atoms with Crippen molar-refractivity contribution in [1.82, 2.24) is 10.2 Å². The summed E-state index contributed by atoms with van der Waals surface area (Å²) in [7, 11) is 0. The number of thiophene rings is 1. The molecule has 1 aliphatic heterocycles. The van der Waals surface area contributed by atoms with Gasteiger partial charge in [0, 0.05) is 36.9 Å². The smallest absolute Gasteiger partial charge is 0.252 e. The summed E-state index contributed by atoms with van der Waals surface area (Å²) < 4.78 is 11.7. The zero-order chi connectivity index (χ0) is 19.1. The highest BCUT2D eigenvalue weighted by atomic mass is 32.1. The lowest BCUT2D eigenvalue weighted by molar-refractivity contribution is -0.131. The fraction of sp³-hybridized carbons (Fsp3) is 0.400. The first kappa shape index (κ1) is 19.2. The fourth-order valence-electron chi connectivity index (χ4n) is 2.99. The van der Waals surface area contributed by atoms with Gasteiger partial charge in [0.15, 0.2) is 11.5 Å². The number of carbonyl (C=O) groups is 2. The number of piperidine rings is 1. The highest BCUT2D eigenvalue weighted by Gasteiger charge is 2.24. The Morgan fingerprint density at radius 1 is 1.19 bits per heavy atom. The van der Waals surface area contributed by atoms with Crippen LogP contribution < -0.4 is 14.8 Å². The number of nitrogens with one attached hydrogen (secondary N) is 1. The molecule has 7 heteroatoms. The van der Waals surface area contributed by atoms with Crippen molar-refractivity contribution < 1.29 is 19.1 Å². The molecule has 0 unspecified atom stereocenters. The van der Waals surface area contributed by atoms with Crippen molar-refractivity contribution in [2.45, 2.75) is 25.9 Å². The molecule has 0 saturated carbocycles. The Kier molecular flexibility index (Phi) is 6.70. The minimum absolute atomic E-state index is 0.0212. The summed E-state index contributed by atoms with van der Waals surface area (Å²) in [6.07, 6.45) is 1.56. The minimum Gasteiger partial charge on any atom is -0.490 e. The Morgan fingerprint density at radius 3 is 2.59 bits per heavy atom. The van der Waals surface area contributed by atoms with Gasteiger partial charge in [0.1, 0.15) is 6.10 Å². The standard InChI is InChI=1S/C20H24N2O4S/c1-2-25-17-5-3-4-6-18(17)26-16-7-10-22(11-8-16)19(23)13-21-20(24)15-9-12-27-14-15/h3-6,9,12,14,16H,2,7-8,10-11,13H2,1H3,(H,21,24). The second-order valence-electron chi connectivity index (χ2n) is 6.27. The van der Waals surface area contributed by atoms with Crippen molar-refractivity contribution in [2.75, 3.05) is 26.2 Å². The summed E-state index contributed by atoms with van der Waals surface area (Å²) in [5.41, 5.74) is 0.591. The normalized spacial score (nSPS) is 14.6. The van der Waals surface area contributed by atoms with Crippen LogP contribution in [-0.4, -0.2) is 49.1 Å². The highest BCUT2D eigenvalue weighted by molar-refractivity contribution is 7.08. The average molecular weight is 388 g/mol. The topological polar surface area (TPSA) is 67.9 Å². The highest BCUT2D eigenvalue weighted by Crippen LogP contribution is 2.29. The number of hydrogen-bond acceptors (Lipinski definition) is 5. The molecule has 2 aromatic rings. The first-order chi connectivity index (χ1) is 13.2. The van der Waals surface area contributed by atoms with E-state index >= 15 is 0 Å². The molecule has 1 saturated heterocycles. The predicted molar refractivity (Wildman–Crippen MR) is 104 cm³/mol. The van der Waals surface area contributed by atoms with Crippen LogP contribution in [0.4, 0.5) is 0 Å². The molecule has 1 fully saturated rings. The van der Waals surface area contributed by atoms with E-state index in [-0.39, 0.29) is 24.5 Å². The molecule has 1 aromatic carbocycles. The van der Waals surface area contributed by atoms with Crippen LogP contribution in [0, 0.1) is 0 Å². The van der Waals surface area contributed by atoms with Crippen molar-refractivity contribution in [3.05, 3.63) is 46.7 Å². The molecule has 2 amide bonds. The molecule has 0 radical (unpaired) electrons. The maximum Gasteiger partial charge on any atom is 0.252 e. The number of likely N-dealkylation sites (tertiary alicyclic amines) is 1. The molecular formula is C20H24N2O4S. The van der Waals surface area contributed by atoms with E-state index in [9.17, 15) is 9.59 Å². The van der Waals surface area contributed by atoms with Crippen molar-refractivity contribution in [1.29, 1.82) is 0 Å². The van der Waals surface area contributed by atoms with E-state index in [1.54, 1.807) is 16.3 Å². The summed E-state index contributed by atoms with van der Waals surface area (Å²) in [6, 6.07) is 9.39. The molecule has 27 heavy (non-hydrogen) atoms. The molecule has 0 spiro atoms. The summed E-state index contributed by atoms with van der Waals surface area (Å²) >= 11 is 1.46.